The number of methoxy groups -OCH3 is 1. The van der Waals surface area contributed by atoms with Crippen LogP contribution in [0.25, 0.3) is 0 Å². The van der Waals surface area contributed by atoms with Gasteiger partial charge in [-0.25, -0.2) is 8.42 Å². The van der Waals surface area contributed by atoms with Crippen LogP contribution < -0.4 is 19.5 Å². The smallest absolute Gasteiger partial charge is 0.387 e. The average molecular weight is 491 g/mol. The van der Waals surface area contributed by atoms with Gasteiger partial charge >= 0.3 is 6.61 Å². The monoisotopic (exact) mass is 490 g/mol. The first kappa shape index (κ1) is 25.0. The topological polar surface area (TPSA) is 93.7 Å². The number of carbonyl (C=O) groups is 1. The highest BCUT2D eigenvalue weighted by Crippen LogP contribution is 2.29. The fourth-order valence-corrected chi connectivity index (χ4v) is 4.23. The molecule has 0 aliphatic heterocycles. The highest BCUT2D eigenvalue weighted by atomic mass is 32.2. The Morgan fingerprint density at radius 2 is 1.68 bits per heavy atom. The van der Waals surface area contributed by atoms with Crippen LogP contribution in [-0.4, -0.2) is 28.0 Å². The van der Waals surface area contributed by atoms with Gasteiger partial charge in [-0.2, -0.15) is 8.78 Å². The molecule has 0 bridgehead atoms. The predicted octanol–water partition coefficient (Wildman–Crippen LogP) is 4.64. The van der Waals surface area contributed by atoms with Crippen LogP contribution in [-0.2, 0) is 16.6 Å². The molecule has 0 saturated carbocycles. The van der Waals surface area contributed by atoms with Crippen molar-refractivity contribution in [2.24, 2.45) is 0 Å². The highest BCUT2D eigenvalue weighted by molar-refractivity contribution is 7.92. The summed E-state index contributed by atoms with van der Waals surface area (Å²) in [6, 6.07) is 15.5. The first-order valence-corrected chi connectivity index (χ1v) is 11.7. The Morgan fingerprint density at radius 1 is 0.971 bits per heavy atom. The van der Waals surface area contributed by atoms with Crippen molar-refractivity contribution in [2.75, 3.05) is 11.8 Å². The van der Waals surface area contributed by atoms with E-state index in [1.165, 1.54) is 31.4 Å². The summed E-state index contributed by atoms with van der Waals surface area (Å²) < 4.78 is 62.8. The van der Waals surface area contributed by atoms with E-state index in [0.29, 0.717) is 16.8 Å². The molecule has 0 saturated heterocycles. The van der Waals surface area contributed by atoms with E-state index in [4.69, 9.17) is 4.74 Å². The van der Waals surface area contributed by atoms with E-state index in [1.54, 1.807) is 43.3 Å². The Kier molecular flexibility index (Phi) is 7.72. The zero-order chi connectivity index (χ0) is 24.9. The lowest BCUT2D eigenvalue weighted by Gasteiger charge is -2.13. The van der Waals surface area contributed by atoms with Gasteiger partial charge in [-0.3, -0.25) is 9.52 Å². The first-order chi connectivity index (χ1) is 16.1. The molecule has 3 rings (SSSR count). The first-order valence-electron chi connectivity index (χ1n) is 10.2. The minimum atomic E-state index is -3.92. The predicted molar refractivity (Wildman–Crippen MR) is 124 cm³/mol. The molecule has 180 valence electrons. The number of sulfonamides is 1. The third-order valence-electron chi connectivity index (χ3n) is 4.96. The molecule has 3 aromatic rings. The molecule has 0 unspecified atom stereocenters. The van der Waals surface area contributed by atoms with Gasteiger partial charge in [0.2, 0.25) is 0 Å². The largest absolute Gasteiger partial charge is 0.493 e. The van der Waals surface area contributed by atoms with Crippen LogP contribution in [0.1, 0.15) is 27.0 Å². The van der Waals surface area contributed by atoms with E-state index in [-0.39, 0.29) is 28.5 Å². The van der Waals surface area contributed by atoms with Gasteiger partial charge < -0.3 is 14.8 Å². The molecular formula is C24H24F2N2O5S. The maximum absolute atomic E-state index is 12.8. The lowest BCUT2D eigenvalue weighted by Crippen LogP contribution is -2.24. The second kappa shape index (κ2) is 10.5. The number of anilines is 1. The third-order valence-corrected chi connectivity index (χ3v) is 6.34. The lowest BCUT2D eigenvalue weighted by molar-refractivity contribution is -0.0512. The molecule has 0 fully saturated rings. The second-order valence-electron chi connectivity index (χ2n) is 7.49. The summed E-state index contributed by atoms with van der Waals surface area (Å²) in [6.45, 7) is 0.544. The summed E-state index contributed by atoms with van der Waals surface area (Å²) in [5.74, 6) is -0.544. The molecule has 0 heterocycles. The number of benzene rings is 3. The van der Waals surface area contributed by atoms with Crippen molar-refractivity contribution in [3.8, 4) is 11.5 Å². The van der Waals surface area contributed by atoms with Crippen LogP contribution in [0.2, 0.25) is 0 Å². The summed E-state index contributed by atoms with van der Waals surface area (Å²) in [4.78, 5) is 12.7. The molecule has 1 amide bonds. The van der Waals surface area contributed by atoms with Crippen molar-refractivity contribution in [1.82, 2.24) is 5.32 Å². The van der Waals surface area contributed by atoms with Crippen LogP contribution in [0.4, 0.5) is 14.5 Å². The molecule has 0 aromatic heterocycles. The van der Waals surface area contributed by atoms with Gasteiger partial charge in [-0.1, -0.05) is 29.8 Å². The molecule has 34 heavy (non-hydrogen) atoms. The molecule has 0 aliphatic rings. The Bertz CT molecular complexity index is 1280. The van der Waals surface area contributed by atoms with Crippen molar-refractivity contribution in [3.63, 3.8) is 0 Å². The molecule has 7 nitrogen and oxygen atoms in total. The molecule has 0 atom stereocenters. The molecule has 0 radical (unpaired) electrons. The molecule has 10 heteroatoms. The number of nitrogens with one attached hydrogen (secondary N) is 2. The average Bonchev–Trinajstić information content (AvgIpc) is 2.78. The normalized spacial score (nSPS) is 11.2. The van der Waals surface area contributed by atoms with E-state index in [2.05, 4.69) is 14.8 Å². The van der Waals surface area contributed by atoms with E-state index >= 15 is 0 Å². The summed E-state index contributed by atoms with van der Waals surface area (Å²) in [5.41, 5.74) is 2.63. The minimum absolute atomic E-state index is 0.000456. The molecular weight excluding hydrogens is 466 g/mol. The summed E-state index contributed by atoms with van der Waals surface area (Å²) >= 11 is 0. The van der Waals surface area contributed by atoms with Crippen molar-refractivity contribution < 1.29 is 31.5 Å². The number of carbonyl (C=O) groups excluding carboxylic acids is 1. The molecule has 2 N–H and O–H groups in total. The van der Waals surface area contributed by atoms with E-state index in [0.717, 1.165) is 5.56 Å². The van der Waals surface area contributed by atoms with E-state index < -0.39 is 22.5 Å². The van der Waals surface area contributed by atoms with Crippen molar-refractivity contribution in [1.29, 1.82) is 0 Å². The van der Waals surface area contributed by atoms with Crippen LogP contribution >= 0.6 is 0 Å². The van der Waals surface area contributed by atoms with E-state index in [1.807, 2.05) is 6.92 Å². The Morgan fingerprint density at radius 3 is 2.32 bits per heavy atom. The Hall–Kier alpha value is -3.66. The van der Waals surface area contributed by atoms with Gasteiger partial charge in [0.25, 0.3) is 15.9 Å². The van der Waals surface area contributed by atoms with Gasteiger partial charge in [0, 0.05) is 17.8 Å². The Balaban J connectivity index is 1.77. The van der Waals surface area contributed by atoms with Gasteiger partial charge in [0.1, 0.15) is 0 Å². The van der Waals surface area contributed by atoms with Crippen molar-refractivity contribution in [3.05, 3.63) is 82.9 Å². The number of ether oxygens (including phenoxy) is 2. The fourth-order valence-electron chi connectivity index (χ4n) is 3.15. The number of amides is 1. The van der Waals surface area contributed by atoms with Crippen molar-refractivity contribution in [2.45, 2.75) is 31.9 Å². The molecule has 3 aromatic carbocycles. The van der Waals surface area contributed by atoms with Gasteiger partial charge in [0.05, 0.1) is 12.0 Å². The summed E-state index contributed by atoms with van der Waals surface area (Å²) in [7, 11) is -2.60. The van der Waals surface area contributed by atoms with Crippen molar-refractivity contribution >= 4 is 21.6 Å². The van der Waals surface area contributed by atoms with Gasteiger partial charge in [-0.15, -0.1) is 0 Å². The number of hydrogen-bond donors (Lipinski definition) is 2. The van der Waals surface area contributed by atoms with Crippen LogP contribution in [0.15, 0.2) is 65.6 Å². The fraction of sp³-hybridized carbons (Fsp3) is 0.208. The summed E-state index contributed by atoms with van der Waals surface area (Å²) in [6.07, 6.45) is 0. The number of alkyl halides is 2. The summed E-state index contributed by atoms with van der Waals surface area (Å²) in [5, 5.41) is 2.67. The van der Waals surface area contributed by atoms with Gasteiger partial charge in [0.15, 0.2) is 11.5 Å². The SMILES string of the molecule is COc1ccc(CNC(=O)c2cc(S(=O)(=O)Nc3ccc(C)cc3)ccc2C)cc1OC(F)F. The number of hydrogen-bond acceptors (Lipinski definition) is 5. The quantitative estimate of drug-likeness (QED) is 0.456. The standard InChI is InChI=1S/C24H24F2N2O5S/c1-15-4-8-18(9-5-15)28-34(30,31)19-10-6-16(2)20(13-19)23(29)27-14-17-7-11-21(32-3)22(12-17)33-24(25)26/h4-13,24,28H,14H2,1-3H3,(H,27,29). The van der Waals surface area contributed by atoms with E-state index in [9.17, 15) is 22.0 Å². The molecule has 0 aliphatic carbocycles. The highest BCUT2D eigenvalue weighted by Gasteiger charge is 2.19. The maximum atomic E-state index is 12.8. The van der Waals surface area contributed by atoms with Crippen LogP contribution in [0.3, 0.4) is 0 Å². The number of halogens is 2. The third kappa shape index (κ3) is 6.22. The maximum Gasteiger partial charge on any atom is 0.387 e. The molecule has 0 spiro atoms. The minimum Gasteiger partial charge on any atom is -0.493 e. The van der Waals surface area contributed by atoms with Crippen LogP contribution in [0.5, 0.6) is 11.5 Å². The zero-order valence-corrected chi connectivity index (χ0v) is 19.6. The number of rotatable bonds is 9. The Labute approximate surface area is 196 Å². The van der Waals surface area contributed by atoms with Crippen LogP contribution in [0, 0.1) is 13.8 Å². The second-order valence-corrected chi connectivity index (χ2v) is 9.18. The number of aryl methyl sites for hydroxylation is 2. The zero-order valence-electron chi connectivity index (χ0n) is 18.8. The van der Waals surface area contributed by atoms with Gasteiger partial charge in [-0.05, 0) is 61.4 Å². The lowest BCUT2D eigenvalue weighted by atomic mass is 10.1.